The van der Waals surface area contributed by atoms with Gasteiger partial charge >= 0.3 is 12.4 Å². The molecule has 0 aliphatic heterocycles. The number of rotatable bonds is 9. The molecule has 0 radical (unpaired) electrons. The number of benzene rings is 1. The van der Waals surface area contributed by atoms with Gasteiger partial charge in [-0.1, -0.05) is 0 Å². The van der Waals surface area contributed by atoms with Crippen LogP contribution in [0.1, 0.15) is 0 Å². The first-order chi connectivity index (χ1) is 15.5. The summed E-state index contributed by atoms with van der Waals surface area (Å²) in [5.74, 6) is -2.76. The van der Waals surface area contributed by atoms with E-state index in [4.69, 9.17) is 0 Å². The van der Waals surface area contributed by atoms with Crippen molar-refractivity contribution in [2.24, 2.45) is 0 Å². The SMILES string of the molecule is O=[N+]([O-])c1cc(NS(=O)(=O)c2c(OCC(F)(F)F)ncnc2OCC(F)(F)F)cc([N+](=O)[O-])c1. The standard InChI is InChI=1S/C14H9F6N5O8S/c15-13(16,17)4-32-11-10(12(22-6-21-11)33-5-14(18,19)20)34(30,31)23-7-1-8(24(26)27)3-9(2-7)25(28)29/h1-3,6,23H,4-5H2. The highest BCUT2D eigenvalue weighted by Gasteiger charge is 2.35. The van der Waals surface area contributed by atoms with Gasteiger partial charge in [-0.3, -0.25) is 25.0 Å². The van der Waals surface area contributed by atoms with Crippen LogP contribution in [-0.4, -0.2) is 53.8 Å². The van der Waals surface area contributed by atoms with E-state index in [1.165, 1.54) is 0 Å². The number of halogens is 6. The summed E-state index contributed by atoms with van der Waals surface area (Å²) in [6, 6.07) is 1.47. The molecule has 0 aliphatic carbocycles. The fraction of sp³-hybridized carbons (Fsp3) is 0.286. The molecule has 34 heavy (non-hydrogen) atoms. The maximum Gasteiger partial charge on any atom is 0.422 e. The zero-order valence-corrected chi connectivity index (χ0v) is 16.8. The van der Waals surface area contributed by atoms with Crippen LogP contribution in [0.2, 0.25) is 0 Å². The van der Waals surface area contributed by atoms with Gasteiger partial charge in [-0.2, -0.15) is 26.3 Å². The third-order valence-corrected chi connectivity index (χ3v) is 4.72. The van der Waals surface area contributed by atoms with Crippen molar-refractivity contribution < 1.29 is 54.1 Å². The molecule has 0 saturated heterocycles. The number of alkyl halides is 6. The number of ether oxygens (including phenoxy) is 2. The van der Waals surface area contributed by atoms with Gasteiger partial charge in [0.05, 0.1) is 21.6 Å². The van der Waals surface area contributed by atoms with E-state index in [2.05, 4.69) is 19.4 Å². The molecule has 0 unspecified atom stereocenters. The molecule has 2 rings (SSSR count). The summed E-state index contributed by atoms with van der Waals surface area (Å²) in [6.07, 6.45) is -9.69. The minimum Gasteiger partial charge on any atom is -0.467 e. The summed E-state index contributed by atoms with van der Waals surface area (Å²) in [5.41, 5.74) is -2.76. The molecule has 0 saturated carbocycles. The van der Waals surface area contributed by atoms with E-state index in [-0.39, 0.29) is 0 Å². The smallest absolute Gasteiger partial charge is 0.422 e. The monoisotopic (exact) mass is 521 g/mol. The number of nitro benzene ring substituents is 2. The minimum atomic E-state index is -5.30. The Hall–Kier alpha value is -3.97. The Bertz CT molecular complexity index is 1140. The summed E-state index contributed by atoms with van der Waals surface area (Å²) in [7, 11) is -5.30. The van der Waals surface area contributed by atoms with Crippen molar-refractivity contribution >= 4 is 27.1 Å². The predicted octanol–water partition coefficient (Wildman–Crippen LogP) is 2.98. The molecule has 13 nitrogen and oxygen atoms in total. The lowest BCUT2D eigenvalue weighted by Gasteiger charge is -2.16. The number of nitro groups is 2. The molecule has 20 heteroatoms. The summed E-state index contributed by atoms with van der Waals surface area (Å²) < 4.78 is 111. The van der Waals surface area contributed by atoms with Crippen molar-refractivity contribution in [3.63, 3.8) is 0 Å². The van der Waals surface area contributed by atoms with Crippen molar-refractivity contribution in [1.29, 1.82) is 0 Å². The van der Waals surface area contributed by atoms with Gasteiger partial charge in [0.1, 0.15) is 6.33 Å². The van der Waals surface area contributed by atoms with Crippen LogP contribution < -0.4 is 14.2 Å². The summed E-state index contributed by atoms with van der Waals surface area (Å²) in [5, 5.41) is 21.9. The minimum absolute atomic E-state index is 0.356. The van der Waals surface area contributed by atoms with Crippen molar-refractivity contribution in [2.45, 2.75) is 17.2 Å². The third-order valence-electron chi connectivity index (χ3n) is 3.33. The largest absolute Gasteiger partial charge is 0.467 e. The van der Waals surface area contributed by atoms with Crippen molar-refractivity contribution in [3.8, 4) is 11.8 Å². The molecular formula is C14H9F6N5O8S. The van der Waals surface area contributed by atoms with E-state index in [1.807, 2.05) is 0 Å². The van der Waals surface area contributed by atoms with Gasteiger partial charge in [-0.25, -0.2) is 18.4 Å². The Balaban J connectivity index is 2.59. The molecule has 0 aliphatic rings. The number of nitrogens with zero attached hydrogens (tertiary/aromatic N) is 4. The topological polar surface area (TPSA) is 177 Å². The third kappa shape index (κ3) is 7.28. The average molecular weight is 521 g/mol. The second-order valence-electron chi connectivity index (χ2n) is 5.98. The van der Waals surface area contributed by atoms with Crippen LogP contribution >= 0.6 is 0 Å². The second kappa shape index (κ2) is 9.49. The first-order valence-electron chi connectivity index (χ1n) is 8.19. The number of aromatic nitrogens is 2. The second-order valence-corrected chi connectivity index (χ2v) is 7.60. The lowest BCUT2D eigenvalue weighted by molar-refractivity contribution is -0.394. The first kappa shape index (κ1) is 26.3. The highest BCUT2D eigenvalue weighted by molar-refractivity contribution is 7.93. The zero-order chi connectivity index (χ0) is 25.9. The molecule has 0 bridgehead atoms. The van der Waals surface area contributed by atoms with Crippen LogP contribution in [0.5, 0.6) is 11.8 Å². The van der Waals surface area contributed by atoms with Crippen LogP contribution in [0, 0.1) is 20.2 Å². The number of nitrogens with one attached hydrogen (secondary N) is 1. The van der Waals surface area contributed by atoms with Gasteiger partial charge in [0.15, 0.2) is 13.2 Å². The van der Waals surface area contributed by atoms with Crippen LogP contribution in [-0.2, 0) is 10.0 Å². The predicted molar refractivity (Wildman–Crippen MR) is 95.7 cm³/mol. The summed E-state index contributed by atoms with van der Waals surface area (Å²) in [4.78, 5) is 24.5. The molecule has 0 atom stereocenters. The van der Waals surface area contributed by atoms with Gasteiger partial charge in [0.2, 0.25) is 16.7 Å². The van der Waals surface area contributed by atoms with Gasteiger partial charge in [-0.15, -0.1) is 0 Å². The van der Waals surface area contributed by atoms with Gasteiger partial charge in [-0.05, 0) is 0 Å². The van der Waals surface area contributed by atoms with Crippen molar-refractivity contribution in [2.75, 3.05) is 17.9 Å². The Labute approximate surface area is 183 Å². The molecule has 1 N–H and O–H groups in total. The van der Waals surface area contributed by atoms with Crippen LogP contribution in [0.3, 0.4) is 0 Å². The molecule has 1 aromatic heterocycles. The number of hydrogen-bond acceptors (Lipinski definition) is 10. The van der Waals surface area contributed by atoms with E-state index in [1.54, 1.807) is 4.72 Å². The number of sulfonamides is 1. The van der Waals surface area contributed by atoms with Crippen LogP contribution in [0.25, 0.3) is 0 Å². The Kier molecular flexibility index (Phi) is 7.33. The Morgan fingerprint density at radius 3 is 1.62 bits per heavy atom. The van der Waals surface area contributed by atoms with Crippen molar-refractivity contribution in [1.82, 2.24) is 9.97 Å². The molecule has 1 heterocycles. The zero-order valence-electron chi connectivity index (χ0n) is 16.0. The highest BCUT2D eigenvalue weighted by atomic mass is 32.2. The Morgan fingerprint density at radius 1 is 0.853 bits per heavy atom. The van der Waals surface area contributed by atoms with Gasteiger partial charge < -0.3 is 9.47 Å². The Morgan fingerprint density at radius 2 is 1.26 bits per heavy atom. The van der Waals surface area contributed by atoms with E-state index in [9.17, 15) is 55.0 Å². The lowest BCUT2D eigenvalue weighted by atomic mass is 10.2. The highest BCUT2D eigenvalue weighted by Crippen LogP contribution is 2.34. The fourth-order valence-corrected chi connectivity index (χ4v) is 3.36. The maximum absolute atomic E-state index is 12.8. The molecule has 1 aromatic carbocycles. The molecular weight excluding hydrogens is 512 g/mol. The average Bonchev–Trinajstić information content (AvgIpc) is 2.68. The van der Waals surface area contributed by atoms with E-state index < -0.39 is 79.2 Å². The summed E-state index contributed by atoms with van der Waals surface area (Å²) in [6.45, 7) is -4.24. The van der Waals surface area contributed by atoms with Crippen molar-refractivity contribution in [3.05, 3.63) is 44.8 Å². The summed E-state index contributed by atoms with van der Waals surface area (Å²) >= 11 is 0. The number of anilines is 1. The first-order valence-corrected chi connectivity index (χ1v) is 9.67. The quantitative estimate of drug-likeness (QED) is 0.293. The van der Waals surface area contributed by atoms with E-state index >= 15 is 0 Å². The lowest BCUT2D eigenvalue weighted by Crippen LogP contribution is -2.24. The van der Waals surface area contributed by atoms with Gasteiger partial charge in [0, 0.05) is 12.1 Å². The van der Waals surface area contributed by atoms with E-state index in [0.717, 1.165) is 0 Å². The number of hydrogen-bond donors (Lipinski definition) is 1. The molecule has 2 aromatic rings. The fourth-order valence-electron chi connectivity index (χ4n) is 2.15. The molecule has 186 valence electrons. The van der Waals surface area contributed by atoms with Gasteiger partial charge in [0.25, 0.3) is 21.4 Å². The maximum atomic E-state index is 12.8. The number of non-ortho nitro benzene ring substituents is 2. The van der Waals surface area contributed by atoms with Crippen LogP contribution in [0.4, 0.5) is 43.4 Å². The van der Waals surface area contributed by atoms with Crippen LogP contribution in [0.15, 0.2) is 29.4 Å². The van der Waals surface area contributed by atoms with E-state index in [0.29, 0.717) is 24.5 Å². The molecule has 0 fully saturated rings. The molecule has 0 amide bonds. The molecule has 0 spiro atoms. The normalized spacial score (nSPS) is 12.2.